The second-order valence-corrected chi connectivity index (χ2v) is 4.31. The minimum Gasteiger partial charge on any atom is -0.472 e. The summed E-state index contributed by atoms with van der Waals surface area (Å²) in [5, 5.41) is 9.89. The summed E-state index contributed by atoms with van der Waals surface area (Å²) in [6.45, 7) is 3.28. The molecule has 17 heavy (non-hydrogen) atoms. The monoisotopic (exact) mass is 238 g/mol. The molecule has 0 saturated heterocycles. The van der Waals surface area contributed by atoms with E-state index in [0.29, 0.717) is 11.3 Å². The van der Waals surface area contributed by atoms with Crippen molar-refractivity contribution in [2.75, 3.05) is 0 Å². The molecule has 2 heterocycles. The molecule has 0 aliphatic carbocycles. The molecule has 0 spiro atoms. The lowest BCUT2D eigenvalue weighted by atomic mass is 10.1. The number of aliphatic hydroxyl groups is 1. The summed E-state index contributed by atoms with van der Waals surface area (Å²) >= 11 is 0. The van der Waals surface area contributed by atoms with Gasteiger partial charge in [-0.2, -0.15) is 0 Å². The van der Waals surface area contributed by atoms with Crippen LogP contribution in [-0.2, 0) is 14.3 Å². The van der Waals surface area contributed by atoms with E-state index in [0.717, 1.165) is 0 Å². The van der Waals surface area contributed by atoms with E-state index < -0.39 is 17.9 Å². The van der Waals surface area contributed by atoms with Gasteiger partial charge in [0.1, 0.15) is 5.76 Å². The summed E-state index contributed by atoms with van der Waals surface area (Å²) in [4.78, 5) is 11.3. The van der Waals surface area contributed by atoms with Gasteiger partial charge in [-0.15, -0.1) is 0 Å². The molecule has 0 aromatic carbocycles. The molecule has 1 aromatic heterocycles. The fraction of sp³-hybridized carbons (Fsp3) is 0.417. The molecule has 0 amide bonds. The molecule has 0 bridgehead atoms. The number of hydrogen-bond acceptors (Lipinski definition) is 5. The van der Waals surface area contributed by atoms with Gasteiger partial charge in [-0.3, -0.25) is 0 Å². The van der Waals surface area contributed by atoms with Gasteiger partial charge in [0.2, 0.25) is 5.79 Å². The van der Waals surface area contributed by atoms with Crippen LogP contribution in [0.15, 0.2) is 34.8 Å². The lowest BCUT2D eigenvalue weighted by molar-refractivity contribution is -0.206. The van der Waals surface area contributed by atoms with Gasteiger partial charge in [0.25, 0.3) is 0 Å². The number of hydrogen-bond donors (Lipinski definition) is 1. The Labute approximate surface area is 98.6 Å². The summed E-state index contributed by atoms with van der Waals surface area (Å²) in [7, 11) is 0. The molecule has 2 rings (SSSR count). The van der Waals surface area contributed by atoms with E-state index >= 15 is 0 Å². The number of ether oxygens (including phenoxy) is 2. The molecule has 92 valence electrons. The van der Waals surface area contributed by atoms with Gasteiger partial charge in [0, 0.05) is 25.8 Å². The van der Waals surface area contributed by atoms with E-state index in [-0.39, 0.29) is 6.42 Å². The van der Waals surface area contributed by atoms with Crippen molar-refractivity contribution in [2.24, 2.45) is 0 Å². The molecule has 5 heteroatoms. The van der Waals surface area contributed by atoms with Crippen LogP contribution in [0.5, 0.6) is 0 Å². The molecule has 5 nitrogen and oxygen atoms in total. The summed E-state index contributed by atoms with van der Waals surface area (Å²) in [6, 6.07) is 1.66. The highest BCUT2D eigenvalue weighted by molar-refractivity contribution is 5.83. The van der Waals surface area contributed by atoms with E-state index in [1.165, 1.54) is 18.6 Å². The summed E-state index contributed by atoms with van der Waals surface area (Å²) in [6.07, 6.45) is 3.62. The second-order valence-electron chi connectivity index (χ2n) is 4.31. The van der Waals surface area contributed by atoms with Crippen molar-refractivity contribution in [3.05, 3.63) is 36.0 Å². The highest BCUT2D eigenvalue weighted by Crippen LogP contribution is 2.28. The van der Waals surface area contributed by atoms with Gasteiger partial charge in [0.05, 0.1) is 24.7 Å². The van der Waals surface area contributed by atoms with E-state index in [1.807, 2.05) is 0 Å². The Morgan fingerprint density at radius 2 is 2.18 bits per heavy atom. The third-order valence-corrected chi connectivity index (χ3v) is 2.32. The maximum atomic E-state index is 11.3. The Bertz CT molecular complexity index is 430. The molecule has 1 atom stereocenters. The number of aliphatic hydroxyl groups excluding tert-OH is 1. The van der Waals surface area contributed by atoms with E-state index in [9.17, 15) is 9.90 Å². The van der Waals surface area contributed by atoms with Crippen LogP contribution >= 0.6 is 0 Å². The SMILES string of the molecule is CC1(C)OC(=O)C=C(C[C@H](O)c2ccoc2)O1. The Hall–Kier alpha value is -1.75. The van der Waals surface area contributed by atoms with Crippen LogP contribution in [0.3, 0.4) is 0 Å². The number of carbonyl (C=O) groups excluding carboxylic acids is 1. The summed E-state index contributed by atoms with van der Waals surface area (Å²) < 4.78 is 15.3. The van der Waals surface area contributed by atoms with Gasteiger partial charge in [-0.1, -0.05) is 0 Å². The standard InChI is InChI=1S/C12H14O5/c1-12(2)16-9(6-11(14)17-12)5-10(13)8-3-4-15-7-8/h3-4,6-7,10,13H,5H2,1-2H3/t10-/m0/s1. The first kappa shape index (κ1) is 11.7. The largest absolute Gasteiger partial charge is 0.472 e. The van der Waals surface area contributed by atoms with E-state index in [1.54, 1.807) is 19.9 Å². The van der Waals surface area contributed by atoms with E-state index in [4.69, 9.17) is 13.9 Å². The third kappa shape index (κ3) is 2.88. The quantitative estimate of drug-likeness (QED) is 0.814. The zero-order valence-electron chi connectivity index (χ0n) is 9.67. The fourth-order valence-corrected chi connectivity index (χ4v) is 1.64. The van der Waals surface area contributed by atoms with Crippen molar-refractivity contribution in [1.29, 1.82) is 0 Å². The molecule has 0 unspecified atom stereocenters. The lowest BCUT2D eigenvalue weighted by Crippen LogP contribution is -2.34. The number of cyclic esters (lactones) is 1. The molecule has 0 radical (unpaired) electrons. The first-order chi connectivity index (χ1) is 7.96. The third-order valence-electron chi connectivity index (χ3n) is 2.32. The maximum absolute atomic E-state index is 11.3. The lowest BCUT2D eigenvalue weighted by Gasteiger charge is -2.31. The van der Waals surface area contributed by atoms with Gasteiger partial charge < -0.3 is 19.0 Å². The molecular weight excluding hydrogens is 224 g/mol. The van der Waals surface area contributed by atoms with Crippen molar-refractivity contribution in [2.45, 2.75) is 32.2 Å². The fourth-order valence-electron chi connectivity index (χ4n) is 1.64. The number of esters is 1. The van der Waals surface area contributed by atoms with Crippen molar-refractivity contribution >= 4 is 5.97 Å². The highest BCUT2D eigenvalue weighted by Gasteiger charge is 2.31. The molecule has 1 aromatic rings. The van der Waals surface area contributed by atoms with E-state index in [2.05, 4.69) is 0 Å². The zero-order valence-corrected chi connectivity index (χ0v) is 9.67. The first-order valence-corrected chi connectivity index (χ1v) is 5.29. The predicted molar refractivity (Wildman–Crippen MR) is 57.6 cm³/mol. The topological polar surface area (TPSA) is 68.9 Å². The minimum atomic E-state index is -0.989. The number of rotatable bonds is 3. The Morgan fingerprint density at radius 1 is 1.41 bits per heavy atom. The van der Waals surface area contributed by atoms with Gasteiger partial charge >= 0.3 is 5.97 Å². The molecule has 1 N–H and O–H groups in total. The first-order valence-electron chi connectivity index (χ1n) is 5.29. The van der Waals surface area contributed by atoms with Crippen molar-refractivity contribution < 1.29 is 23.8 Å². The van der Waals surface area contributed by atoms with Gasteiger partial charge in [-0.05, 0) is 6.07 Å². The molecule has 1 aliphatic rings. The van der Waals surface area contributed by atoms with Crippen LogP contribution in [0, 0.1) is 0 Å². The predicted octanol–water partition coefficient (Wildman–Crippen LogP) is 1.90. The Kier molecular flexibility index (Phi) is 2.93. The van der Waals surface area contributed by atoms with Gasteiger partial charge in [0.15, 0.2) is 0 Å². The Morgan fingerprint density at radius 3 is 2.76 bits per heavy atom. The molecule has 1 aliphatic heterocycles. The van der Waals surface area contributed by atoms with Crippen LogP contribution < -0.4 is 0 Å². The highest BCUT2D eigenvalue weighted by atomic mass is 16.7. The smallest absolute Gasteiger partial charge is 0.337 e. The number of furan rings is 1. The van der Waals surface area contributed by atoms with Crippen LogP contribution in [0.2, 0.25) is 0 Å². The normalized spacial score (nSPS) is 20.2. The maximum Gasteiger partial charge on any atom is 0.337 e. The van der Waals surface area contributed by atoms with Crippen LogP contribution in [0.4, 0.5) is 0 Å². The molecule has 0 saturated carbocycles. The average molecular weight is 238 g/mol. The minimum absolute atomic E-state index is 0.206. The van der Waals surface area contributed by atoms with Crippen molar-refractivity contribution in [3.63, 3.8) is 0 Å². The zero-order chi connectivity index (χ0) is 12.5. The summed E-state index contributed by atoms with van der Waals surface area (Å²) in [5.41, 5.74) is 0.645. The second kappa shape index (κ2) is 4.25. The van der Waals surface area contributed by atoms with Crippen molar-refractivity contribution in [1.82, 2.24) is 0 Å². The van der Waals surface area contributed by atoms with Gasteiger partial charge in [-0.25, -0.2) is 4.79 Å². The summed E-state index contributed by atoms with van der Waals surface area (Å²) in [5.74, 6) is -1.05. The number of carbonyl (C=O) groups is 1. The molecule has 0 fully saturated rings. The van der Waals surface area contributed by atoms with Crippen LogP contribution in [-0.4, -0.2) is 16.9 Å². The molecular formula is C12H14O5. The van der Waals surface area contributed by atoms with Crippen LogP contribution in [0.25, 0.3) is 0 Å². The Balaban J connectivity index is 2.06. The van der Waals surface area contributed by atoms with Crippen molar-refractivity contribution in [3.8, 4) is 0 Å². The average Bonchev–Trinajstić information content (AvgIpc) is 2.65. The van der Waals surface area contributed by atoms with Crippen LogP contribution in [0.1, 0.15) is 31.9 Å².